The zero-order valence-electron chi connectivity index (χ0n) is 10.2. The van der Waals surface area contributed by atoms with Crippen molar-refractivity contribution >= 4 is 5.97 Å². The quantitative estimate of drug-likeness (QED) is 0.772. The summed E-state index contributed by atoms with van der Waals surface area (Å²) in [6.07, 6.45) is 3.44. The van der Waals surface area contributed by atoms with E-state index in [4.69, 9.17) is 4.74 Å². The molecule has 1 atom stereocenters. The van der Waals surface area contributed by atoms with Crippen molar-refractivity contribution in [2.24, 2.45) is 0 Å². The van der Waals surface area contributed by atoms with E-state index >= 15 is 0 Å². The number of aromatic nitrogens is 1. The lowest BCUT2D eigenvalue weighted by Crippen LogP contribution is -2.11. The summed E-state index contributed by atoms with van der Waals surface area (Å²) < 4.78 is 5.37. The van der Waals surface area contributed by atoms with E-state index in [-0.39, 0.29) is 12.1 Å². The third kappa shape index (κ3) is 3.42. The van der Waals surface area contributed by atoms with Gasteiger partial charge in [-0.1, -0.05) is 30.3 Å². The van der Waals surface area contributed by atoms with Gasteiger partial charge in [-0.25, -0.2) is 0 Å². The Labute approximate surface area is 106 Å². The molecule has 18 heavy (non-hydrogen) atoms. The van der Waals surface area contributed by atoms with Gasteiger partial charge in [0.1, 0.15) is 6.10 Å². The summed E-state index contributed by atoms with van der Waals surface area (Å²) in [4.78, 5) is 15.7. The summed E-state index contributed by atoms with van der Waals surface area (Å²) in [5, 5.41) is 0. The number of hydrogen-bond donors (Lipinski definition) is 0. The van der Waals surface area contributed by atoms with E-state index in [1.165, 1.54) is 0 Å². The minimum Gasteiger partial charge on any atom is -0.458 e. The van der Waals surface area contributed by atoms with Crippen LogP contribution in [0.1, 0.15) is 24.2 Å². The van der Waals surface area contributed by atoms with Gasteiger partial charge in [0.15, 0.2) is 0 Å². The van der Waals surface area contributed by atoms with Crippen molar-refractivity contribution in [3.63, 3.8) is 0 Å². The monoisotopic (exact) mass is 241 g/mol. The Morgan fingerprint density at radius 1 is 1.17 bits per heavy atom. The number of ether oxygens (including phenoxy) is 1. The first kappa shape index (κ1) is 12.3. The normalized spacial score (nSPS) is 11.8. The molecule has 0 saturated carbocycles. The van der Waals surface area contributed by atoms with Crippen LogP contribution in [0.15, 0.2) is 54.9 Å². The van der Waals surface area contributed by atoms with Crippen molar-refractivity contribution in [2.45, 2.75) is 19.4 Å². The standard InChI is InChI=1S/C15H15NO2/c1-12(14-7-9-16-10-8-14)18-15(17)11-13-5-3-2-4-6-13/h2-10,12H,11H2,1H3/t12-/m1/s1. The van der Waals surface area contributed by atoms with Gasteiger partial charge in [-0.3, -0.25) is 9.78 Å². The van der Waals surface area contributed by atoms with E-state index in [0.29, 0.717) is 6.42 Å². The van der Waals surface area contributed by atoms with Gasteiger partial charge in [0.2, 0.25) is 0 Å². The molecular weight excluding hydrogens is 226 g/mol. The Morgan fingerprint density at radius 3 is 2.50 bits per heavy atom. The van der Waals surface area contributed by atoms with E-state index in [1.54, 1.807) is 12.4 Å². The number of hydrogen-bond acceptors (Lipinski definition) is 3. The van der Waals surface area contributed by atoms with Crippen LogP contribution in [-0.4, -0.2) is 11.0 Å². The van der Waals surface area contributed by atoms with E-state index < -0.39 is 0 Å². The third-order valence-corrected chi connectivity index (χ3v) is 2.68. The topological polar surface area (TPSA) is 39.2 Å². The Bertz CT molecular complexity index is 496. The second-order valence-electron chi connectivity index (χ2n) is 4.08. The van der Waals surface area contributed by atoms with Crippen molar-refractivity contribution in [2.75, 3.05) is 0 Å². The smallest absolute Gasteiger partial charge is 0.310 e. The summed E-state index contributed by atoms with van der Waals surface area (Å²) in [7, 11) is 0. The second kappa shape index (κ2) is 5.96. The molecule has 0 fully saturated rings. The Kier molecular flexibility index (Phi) is 4.07. The zero-order valence-corrected chi connectivity index (χ0v) is 10.2. The molecule has 0 spiro atoms. The van der Waals surface area contributed by atoms with Crippen molar-refractivity contribution in [3.8, 4) is 0 Å². The molecule has 0 aliphatic rings. The van der Waals surface area contributed by atoms with Crippen LogP contribution in [0.4, 0.5) is 0 Å². The van der Waals surface area contributed by atoms with E-state index in [1.807, 2.05) is 49.4 Å². The maximum absolute atomic E-state index is 11.8. The van der Waals surface area contributed by atoms with Gasteiger partial charge in [0.25, 0.3) is 0 Å². The first-order valence-electron chi connectivity index (χ1n) is 5.89. The maximum atomic E-state index is 11.8. The number of esters is 1. The van der Waals surface area contributed by atoms with Crippen LogP contribution in [0.3, 0.4) is 0 Å². The molecule has 92 valence electrons. The van der Waals surface area contributed by atoms with Crippen LogP contribution in [0, 0.1) is 0 Å². The molecule has 0 N–H and O–H groups in total. The van der Waals surface area contributed by atoms with Crippen molar-refractivity contribution in [1.29, 1.82) is 0 Å². The minimum atomic E-state index is -0.246. The van der Waals surface area contributed by atoms with Gasteiger partial charge >= 0.3 is 5.97 Å². The van der Waals surface area contributed by atoms with Crippen LogP contribution in [-0.2, 0) is 16.0 Å². The summed E-state index contributed by atoms with van der Waals surface area (Å²) >= 11 is 0. The highest BCUT2D eigenvalue weighted by atomic mass is 16.5. The highest BCUT2D eigenvalue weighted by Crippen LogP contribution is 2.16. The predicted octanol–water partition coefficient (Wildman–Crippen LogP) is 2.93. The number of carbonyl (C=O) groups excluding carboxylic acids is 1. The van der Waals surface area contributed by atoms with Gasteiger partial charge in [0, 0.05) is 12.4 Å². The third-order valence-electron chi connectivity index (χ3n) is 2.68. The van der Waals surface area contributed by atoms with Crippen LogP contribution in [0.5, 0.6) is 0 Å². The first-order valence-corrected chi connectivity index (χ1v) is 5.89. The Hall–Kier alpha value is -2.16. The Balaban J connectivity index is 1.92. The summed E-state index contributed by atoms with van der Waals surface area (Å²) in [6, 6.07) is 13.3. The summed E-state index contributed by atoms with van der Waals surface area (Å²) in [5.41, 5.74) is 1.91. The molecule has 3 heteroatoms. The average Bonchev–Trinajstić information content (AvgIpc) is 2.40. The molecule has 0 saturated heterocycles. The lowest BCUT2D eigenvalue weighted by Gasteiger charge is -2.13. The predicted molar refractivity (Wildman–Crippen MR) is 68.9 cm³/mol. The highest BCUT2D eigenvalue weighted by molar-refractivity contribution is 5.72. The van der Waals surface area contributed by atoms with Crippen LogP contribution in [0.2, 0.25) is 0 Å². The fourth-order valence-electron chi connectivity index (χ4n) is 1.70. The lowest BCUT2D eigenvalue weighted by molar-refractivity contribution is -0.147. The van der Waals surface area contributed by atoms with Gasteiger partial charge in [-0.15, -0.1) is 0 Å². The number of pyridine rings is 1. The molecule has 2 aromatic rings. The summed E-state index contributed by atoms with van der Waals surface area (Å²) in [5.74, 6) is -0.217. The highest BCUT2D eigenvalue weighted by Gasteiger charge is 2.11. The van der Waals surface area contributed by atoms with Gasteiger partial charge in [-0.05, 0) is 30.2 Å². The molecule has 1 aromatic heterocycles. The molecule has 0 bridgehead atoms. The number of benzene rings is 1. The van der Waals surface area contributed by atoms with Gasteiger partial charge in [0.05, 0.1) is 6.42 Å². The SMILES string of the molecule is C[C@@H](OC(=O)Cc1ccccc1)c1ccncc1. The number of rotatable bonds is 4. The zero-order chi connectivity index (χ0) is 12.8. The molecule has 0 radical (unpaired) electrons. The van der Waals surface area contributed by atoms with Crippen LogP contribution < -0.4 is 0 Å². The van der Waals surface area contributed by atoms with E-state index in [2.05, 4.69) is 4.98 Å². The van der Waals surface area contributed by atoms with Crippen molar-refractivity contribution < 1.29 is 9.53 Å². The van der Waals surface area contributed by atoms with Crippen LogP contribution >= 0.6 is 0 Å². The fraction of sp³-hybridized carbons (Fsp3) is 0.200. The number of carbonyl (C=O) groups is 1. The average molecular weight is 241 g/mol. The molecule has 0 aliphatic carbocycles. The van der Waals surface area contributed by atoms with E-state index in [0.717, 1.165) is 11.1 Å². The minimum absolute atomic E-state index is 0.217. The van der Waals surface area contributed by atoms with Crippen molar-refractivity contribution in [1.82, 2.24) is 4.98 Å². The molecule has 0 unspecified atom stereocenters. The lowest BCUT2D eigenvalue weighted by atomic mass is 10.1. The maximum Gasteiger partial charge on any atom is 0.310 e. The van der Waals surface area contributed by atoms with Gasteiger partial charge < -0.3 is 4.74 Å². The molecule has 2 rings (SSSR count). The number of nitrogens with zero attached hydrogens (tertiary/aromatic N) is 1. The molecule has 0 amide bonds. The largest absolute Gasteiger partial charge is 0.458 e. The molecule has 1 heterocycles. The van der Waals surface area contributed by atoms with Crippen molar-refractivity contribution in [3.05, 3.63) is 66.0 Å². The van der Waals surface area contributed by atoms with E-state index in [9.17, 15) is 4.79 Å². The van der Waals surface area contributed by atoms with Crippen LogP contribution in [0.25, 0.3) is 0 Å². The second-order valence-corrected chi connectivity index (χ2v) is 4.08. The Morgan fingerprint density at radius 2 is 1.83 bits per heavy atom. The molecule has 1 aromatic carbocycles. The fourth-order valence-corrected chi connectivity index (χ4v) is 1.70. The molecule has 0 aliphatic heterocycles. The van der Waals surface area contributed by atoms with Gasteiger partial charge in [-0.2, -0.15) is 0 Å². The summed E-state index contributed by atoms with van der Waals surface area (Å²) in [6.45, 7) is 1.86. The molecule has 3 nitrogen and oxygen atoms in total. The molecular formula is C15H15NO2. The first-order chi connectivity index (χ1) is 8.75.